The number of benzene rings is 2. The zero-order valence-corrected chi connectivity index (χ0v) is 12.7. The van der Waals surface area contributed by atoms with Crippen LogP contribution in [-0.2, 0) is 13.0 Å². The van der Waals surface area contributed by atoms with Gasteiger partial charge in [-0.05, 0) is 54.1 Å². The number of hydrogen-bond donors (Lipinski definition) is 1. The van der Waals surface area contributed by atoms with Gasteiger partial charge in [-0.3, -0.25) is 4.90 Å². The van der Waals surface area contributed by atoms with Gasteiger partial charge in [0.2, 0.25) is 0 Å². The summed E-state index contributed by atoms with van der Waals surface area (Å²) in [7, 11) is 0. The van der Waals surface area contributed by atoms with E-state index >= 15 is 0 Å². The summed E-state index contributed by atoms with van der Waals surface area (Å²) in [6.45, 7) is 4.25. The highest BCUT2D eigenvalue weighted by Gasteiger charge is 2.25. The fourth-order valence-corrected chi connectivity index (χ4v) is 3.77. The lowest BCUT2D eigenvalue weighted by Crippen LogP contribution is -2.20. The number of hydrogen-bond acceptors (Lipinski definition) is 2. The fourth-order valence-electron chi connectivity index (χ4n) is 3.77. The van der Waals surface area contributed by atoms with Crippen molar-refractivity contribution >= 4 is 5.69 Å². The van der Waals surface area contributed by atoms with Crippen molar-refractivity contribution < 1.29 is 4.39 Å². The zero-order chi connectivity index (χ0) is 14.9. The van der Waals surface area contributed by atoms with Crippen molar-refractivity contribution in [1.82, 2.24) is 4.90 Å². The third kappa shape index (κ3) is 2.61. The van der Waals surface area contributed by atoms with Crippen molar-refractivity contribution in [1.29, 1.82) is 0 Å². The Hall–Kier alpha value is -1.87. The number of fused-ring (bicyclic) bond motifs is 1. The maximum Gasteiger partial charge on any atom is 0.123 e. The molecule has 0 saturated carbocycles. The lowest BCUT2D eigenvalue weighted by Gasteiger charge is -2.18. The van der Waals surface area contributed by atoms with Gasteiger partial charge in [-0.1, -0.05) is 30.3 Å². The van der Waals surface area contributed by atoms with E-state index in [-0.39, 0.29) is 5.82 Å². The molecule has 0 radical (unpaired) electrons. The second-order valence-electron chi connectivity index (χ2n) is 6.40. The van der Waals surface area contributed by atoms with Crippen LogP contribution in [0, 0.1) is 5.82 Å². The minimum atomic E-state index is -0.149. The van der Waals surface area contributed by atoms with Crippen molar-refractivity contribution in [3.05, 3.63) is 65.0 Å². The number of likely N-dealkylation sites (tertiary alicyclic amines) is 1. The monoisotopic (exact) mass is 296 g/mol. The molecule has 2 aromatic carbocycles. The number of para-hydroxylation sites is 1. The van der Waals surface area contributed by atoms with Crippen molar-refractivity contribution in [2.24, 2.45) is 0 Å². The highest BCUT2D eigenvalue weighted by atomic mass is 19.1. The first-order chi connectivity index (χ1) is 10.8. The van der Waals surface area contributed by atoms with Gasteiger partial charge < -0.3 is 5.32 Å². The lowest BCUT2D eigenvalue weighted by molar-refractivity contribution is 0.327. The molecule has 2 heterocycles. The van der Waals surface area contributed by atoms with Gasteiger partial charge in [0.15, 0.2) is 0 Å². The quantitative estimate of drug-likeness (QED) is 0.927. The zero-order valence-electron chi connectivity index (χ0n) is 12.7. The average Bonchev–Trinajstić information content (AvgIpc) is 3.17. The molecule has 1 unspecified atom stereocenters. The second-order valence-corrected chi connectivity index (χ2v) is 6.40. The van der Waals surface area contributed by atoms with Crippen LogP contribution >= 0.6 is 0 Å². The number of nitrogens with one attached hydrogen (secondary N) is 1. The van der Waals surface area contributed by atoms with Crippen LogP contribution in [0.15, 0.2) is 42.5 Å². The molecule has 114 valence electrons. The van der Waals surface area contributed by atoms with E-state index in [0.717, 1.165) is 39.0 Å². The van der Waals surface area contributed by atoms with Gasteiger partial charge in [-0.15, -0.1) is 0 Å². The molecule has 2 nitrogen and oxygen atoms in total. The van der Waals surface area contributed by atoms with Gasteiger partial charge in [0.25, 0.3) is 0 Å². The summed E-state index contributed by atoms with van der Waals surface area (Å²) in [5.74, 6) is 0.384. The van der Waals surface area contributed by atoms with Crippen LogP contribution in [0.1, 0.15) is 29.0 Å². The Morgan fingerprint density at radius 1 is 1.14 bits per heavy atom. The highest BCUT2D eigenvalue weighted by Crippen LogP contribution is 2.31. The summed E-state index contributed by atoms with van der Waals surface area (Å²) in [5, 5.41) is 3.52. The van der Waals surface area contributed by atoms with Gasteiger partial charge in [0.05, 0.1) is 0 Å². The molecule has 22 heavy (non-hydrogen) atoms. The van der Waals surface area contributed by atoms with Crippen LogP contribution in [0.4, 0.5) is 10.1 Å². The second kappa shape index (κ2) is 5.73. The summed E-state index contributed by atoms with van der Waals surface area (Å²) in [6, 6.07) is 13.7. The number of rotatable bonds is 3. The molecule has 0 amide bonds. The Labute approximate surface area is 131 Å². The SMILES string of the molecule is Fc1ccc(C2CCN(Cc3cccc4c3NCC4)C2)cc1. The van der Waals surface area contributed by atoms with E-state index in [0.29, 0.717) is 5.92 Å². The van der Waals surface area contributed by atoms with Crippen LogP contribution in [0.2, 0.25) is 0 Å². The van der Waals surface area contributed by atoms with Gasteiger partial charge >= 0.3 is 0 Å². The summed E-state index contributed by atoms with van der Waals surface area (Å²) >= 11 is 0. The van der Waals surface area contributed by atoms with Crippen LogP contribution in [-0.4, -0.2) is 24.5 Å². The number of halogens is 1. The third-order valence-corrected chi connectivity index (χ3v) is 4.94. The van der Waals surface area contributed by atoms with E-state index in [2.05, 4.69) is 28.4 Å². The van der Waals surface area contributed by atoms with Crippen molar-refractivity contribution in [3.8, 4) is 0 Å². The van der Waals surface area contributed by atoms with Gasteiger partial charge in [0, 0.05) is 25.3 Å². The first-order valence-corrected chi connectivity index (χ1v) is 8.12. The van der Waals surface area contributed by atoms with Gasteiger partial charge in [-0.2, -0.15) is 0 Å². The normalized spacial score (nSPS) is 20.9. The molecule has 1 saturated heterocycles. The van der Waals surface area contributed by atoms with E-state index in [4.69, 9.17) is 0 Å². The van der Waals surface area contributed by atoms with Crippen LogP contribution in [0.3, 0.4) is 0 Å². The van der Waals surface area contributed by atoms with E-state index in [1.165, 1.54) is 22.4 Å². The standard InChI is InChI=1S/C19H21FN2/c20-18-6-4-14(5-7-18)16-9-11-22(12-16)13-17-3-1-2-15-8-10-21-19(15)17/h1-7,16,21H,8-13H2. The number of nitrogens with zero attached hydrogens (tertiary/aromatic N) is 1. The Bertz CT molecular complexity index is 666. The Morgan fingerprint density at radius 2 is 2.00 bits per heavy atom. The summed E-state index contributed by atoms with van der Waals surface area (Å²) in [4.78, 5) is 2.52. The van der Waals surface area contributed by atoms with Crippen LogP contribution in [0.25, 0.3) is 0 Å². The van der Waals surface area contributed by atoms with Gasteiger partial charge in [0.1, 0.15) is 5.82 Å². The van der Waals surface area contributed by atoms with Crippen LogP contribution < -0.4 is 5.32 Å². The summed E-state index contributed by atoms with van der Waals surface area (Å²) < 4.78 is 13.0. The molecule has 1 atom stereocenters. The molecule has 0 bridgehead atoms. The molecule has 2 aliphatic heterocycles. The fraction of sp³-hybridized carbons (Fsp3) is 0.368. The van der Waals surface area contributed by atoms with Crippen LogP contribution in [0.5, 0.6) is 0 Å². The highest BCUT2D eigenvalue weighted by molar-refractivity contribution is 5.61. The smallest absolute Gasteiger partial charge is 0.123 e. The largest absolute Gasteiger partial charge is 0.384 e. The minimum absolute atomic E-state index is 0.149. The maximum absolute atomic E-state index is 13.0. The predicted octanol–water partition coefficient (Wildman–Crippen LogP) is 3.78. The average molecular weight is 296 g/mol. The van der Waals surface area contributed by atoms with E-state index in [1.54, 1.807) is 12.1 Å². The Balaban J connectivity index is 1.45. The molecule has 1 fully saturated rings. The van der Waals surface area contributed by atoms with E-state index in [1.807, 2.05) is 12.1 Å². The minimum Gasteiger partial charge on any atom is -0.384 e. The topological polar surface area (TPSA) is 15.3 Å². The molecule has 4 rings (SSSR count). The Morgan fingerprint density at radius 3 is 2.86 bits per heavy atom. The summed E-state index contributed by atoms with van der Waals surface area (Å²) in [6.07, 6.45) is 2.30. The lowest BCUT2D eigenvalue weighted by atomic mass is 9.98. The molecule has 0 spiro atoms. The molecule has 0 aromatic heterocycles. The number of anilines is 1. The molecule has 1 N–H and O–H groups in total. The van der Waals surface area contributed by atoms with Gasteiger partial charge in [-0.25, -0.2) is 4.39 Å². The van der Waals surface area contributed by atoms with E-state index in [9.17, 15) is 4.39 Å². The first kappa shape index (κ1) is 13.8. The molecular formula is C19H21FN2. The Kier molecular flexibility index (Phi) is 3.59. The predicted molar refractivity (Wildman–Crippen MR) is 87.7 cm³/mol. The molecule has 2 aromatic rings. The first-order valence-electron chi connectivity index (χ1n) is 8.12. The van der Waals surface area contributed by atoms with Crippen molar-refractivity contribution in [2.45, 2.75) is 25.3 Å². The maximum atomic E-state index is 13.0. The van der Waals surface area contributed by atoms with Crippen molar-refractivity contribution in [3.63, 3.8) is 0 Å². The molecular weight excluding hydrogens is 275 g/mol. The molecule has 0 aliphatic carbocycles. The van der Waals surface area contributed by atoms with E-state index < -0.39 is 0 Å². The molecule has 3 heteroatoms. The third-order valence-electron chi connectivity index (χ3n) is 4.94. The molecule has 2 aliphatic rings. The summed E-state index contributed by atoms with van der Waals surface area (Å²) in [5.41, 5.74) is 5.48. The van der Waals surface area contributed by atoms with Crippen molar-refractivity contribution in [2.75, 3.05) is 25.0 Å².